The molecule has 3 heterocycles. The Morgan fingerprint density at radius 1 is 0.425 bits per heavy atom. The van der Waals surface area contributed by atoms with Crippen LogP contribution in [0.1, 0.15) is 26.3 Å². The van der Waals surface area contributed by atoms with Crippen LogP contribution in [-0.2, 0) is 5.41 Å². The Kier molecular flexibility index (Phi) is 10.7. The van der Waals surface area contributed by atoms with Crippen LogP contribution in [0.4, 0.5) is 39.8 Å². The zero-order chi connectivity index (χ0) is 49.0. The molecule has 0 saturated heterocycles. The van der Waals surface area contributed by atoms with Crippen LogP contribution < -0.4 is 14.7 Å². The fraction of sp³-hybridized carbons (Fsp3) is 0.0735. The Labute approximate surface area is 427 Å². The fourth-order valence-electron chi connectivity index (χ4n) is 11.3. The smallest absolute Gasteiger partial charge is 0.137 e. The van der Waals surface area contributed by atoms with Crippen molar-refractivity contribution >= 4 is 72.4 Å². The Morgan fingerprint density at radius 2 is 1.01 bits per heavy atom. The number of hydrogen-bond donors (Lipinski definition) is 0. The molecule has 73 heavy (non-hydrogen) atoms. The first kappa shape index (κ1) is 43.8. The zero-order valence-electron chi connectivity index (χ0n) is 41.2. The monoisotopic (exact) mass is 939 g/mol. The second-order valence-electron chi connectivity index (χ2n) is 20.0. The maximum atomic E-state index is 4.92. The molecule has 5 heteroatoms. The van der Waals surface area contributed by atoms with E-state index >= 15 is 0 Å². The van der Waals surface area contributed by atoms with Crippen molar-refractivity contribution in [3.63, 3.8) is 0 Å². The van der Waals surface area contributed by atoms with E-state index in [9.17, 15) is 0 Å². The average Bonchev–Trinajstić information content (AvgIpc) is 4.00. The molecule has 1 aliphatic heterocycles. The van der Waals surface area contributed by atoms with Crippen LogP contribution >= 0.6 is 0 Å². The number of para-hydroxylation sites is 3. The summed E-state index contributed by atoms with van der Waals surface area (Å²) < 4.78 is 2.31. The number of rotatable bonds is 9. The predicted octanol–water partition coefficient (Wildman–Crippen LogP) is 18.3. The molecule has 0 atom stereocenters. The van der Waals surface area contributed by atoms with Gasteiger partial charge in [-0.15, -0.1) is 0 Å². The van der Waals surface area contributed by atoms with Crippen LogP contribution in [0.3, 0.4) is 0 Å². The summed E-state index contributed by atoms with van der Waals surface area (Å²) in [6.45, 7) is 7.58. The van der Waals surface area contributed by atoms with Crippen molar-refractivity contribution in [3.05, 3.63) is 260 Å². The van der Waals surface area contributed by atoms with Crippen LogP contribution in [0.15, 0.2) is 255 Å². The Morgan fingerprint density at radius 3 is 1.71 bits per heavy atom. The molecule has 0 saturated carbocycles. The molecule has 10 aromatic carbocycles. The van der Waals surface area contributed by atoms with Gasteiger partial charge >= 0.3 is 0 Å². The molecule has 0 bridgehead atoms. The van der Waals surface area contributed by atoms with Crippen LogP contribution in [0.5, 0.6) is 0 Å². The lowest BCUT2D eigenvalue weighted by Crippen LogP contribution is -2.25. The van der Waals surface area contributed by atoms with E-state index in [1.165, 1.54) is 66.3 Å². The molecule has 13 rings (SSSR count). The van der Waals surface area contributed by atoms with E-state index in [0.717, 1.165) is 50.9 Å². The van der Waals surface area contributed by atoms with Crippen molar-refractivity contribution in [2.45, 2.75) is 26.2 Å². The Balaban J connectivity index is 1.05. The van der Waals surface area contributed by atoms with Gasteiger partial charge < -0.3 is 14.7 Å². The standard InChI is InChI=1S/C68H53N5/c1-68(2,3)60-36-21-35-56(49-26-11-6-12-27-49)66(60)72(53-40-41-59-58-32-15-16-37-61(58)73(63(59)45-53)64-38-17-18-43-69-64)52-30-19-29-51(44-52)70-46-71(67-57-31-14-13-28-50(57)39-42-62(67)70)65-54(47-22-7-4-8-23-47)33-20-34-55(65)48-24-9-5-10-25-48/h4-45H,46H2,1-3H3. The summed E-state index contributed by atoms with van der Waals surface area (Å²) in [6, 6.07) is 90.6. The first-order chi connectivity index (χ1) is 35.9. The maximum absolute atomic E-state index is 4.92. The van der Waals surface area contributed by atoms with Gasteiger partial charge in [0.05, 0.1) is 33.8 Å². The molecule has 0 unspecified atom stereocenters. The zero-order valence-corrected chi connectivity index (χ0v) is 41.2. The third kappa shape index (κ3) is 7.60. The SMILES string of the molecule is CC(C)(C)c1cccc(-c2ccccc2)c1N(c1cccc(N2CN(c3c(-c4ccccc4)cccc3-c3ccccc3)c3c2ccc2ccccc32)c1)c1ccc2c3ccccc3n(-c3ccccn3)c2c1. The van der Waals surface area contributed by atoms with Crippen molar-refractivity contribution in [3.8, 4) is 39.2 Å². The van der Waals surface area contributed by atoms with Gasteiger partial charge in [-0.25, -0.2) is 4.98 Å². The van der Waals surface area contributed by atoms with E-state index in [-0.39, 0.29) is 5.41 Å². The molecule has 12 aromatic rings. The number of hydrogen-bond acceptors (Lipinski definition) is 4. The summed E-state index contributed by atoms with van der Waals surface area (Å²) in [7, 11) is 0. The summed E-state index contributed by atoms with van der Waals surface area (Å²) in [5.41, 5.74) is 18.2. The van der Waals surface area contributed by atoms with Gasteiger partial charge in [-0.05, 0) is 87.7 Å². The quantitative estimate of drug-likeness (QED) is 0.144. The predicted molar refractivity (Wildman–Crippen MR) is 308 cm³/mol. The number of fused-ring (bicyclic) bond motifs is 6. The first-order valence-corrected chi connectivity index (χ1v) is 25.2. The van der Waals surface area contributed by atoms with E-state index in [0.29, 0.717) is 6.67 Å². The van der Waals surface area contributed by atoms with Crippen LogP contribution in [-0.4, -0.2) is 16.2 Å². The summed E-state index contributed by atoms with van der Waals surface area (Å²) in [5.74, 6) is 0.883. The van der Waals surface area contributed by atoms with Gasteiger partial charge in [0, 0.05) is 56.1 Å². The van der Waals surface area contributed by atoms with Gasteiger partial charge in [0.2, 0.25) is 0 Å². The first-order valence-electron chi connectivity index (χ1n) is 25.2. The topological polar surface area (TPSA) is 27.5 Å². The van der Waals surface area contributed by atoms with Crippen LogP contribution in [0, 0.1) is 0 Å². The molecule has 2 aromatic heterocycles. The van der Waals surface area contributed by atoms with Crippen LogP contribution in [0.25, 0.3) is 71.8 Å². The number of benzene rings is 10. The van der Waals surface area contributed by atoms with Gasteiger partial charge in [-0.2, -0.15) is 0 Å². The summed E-state index contributed by atoms with van der Waals surface area (Å²) in [4.78, 5) is 12.5. The van der Waals surface area contributed by atoms with Gasteiger partial charge in [0.15, 0.2) is 0 Å². The van der Waals surface area contributed by atoms with Crippen molar-refractivity contribution in [1.82, 2.24) is 9.55 Å². The molecule has 0 fully saturated rings. The van der Waals surface area contributed by atoms with E-state index in [4.69, 9.17) is 4.98 Å². The fourth-order valence-corrected chi connectivity index (χ4v) is 11.3. The number of anilines is 7. The van der Waals surface area contributed by atoms with E-state index < -0.39 is 0 Å². The molecule has 0 N–H and O–H groups in total. The maximum Gasteiger partial charge on any atom is 0.137 e. The summed E-state index contributed by atoms with van der Waals surface area (Å²) in [6.07, 6.45) is 1.88. The van der Waals surface area contributed by atoms with Gasteiger partial charge in [-0.1, -0.05) is 215 Å². The Hall–Kier alpha value is -9.19. The minimum atomic E-state index is -0.207. The third-order valence-corrected chi connectivity index (χ3v) is 14.5. The van der Waals surface area contributed by atoms with E-state index in [1.54, 1.807) is 0 Å². The molecular weight excluding hydrogens is 887 g/mol. The number of nitrogens with zero attached hydrogens (tertiary/aromatic N) is 5. The summed E-state index contributed by atoms with van der Waals surface area (Å²) >= 11 is 0. The highest BCUT2D eigenvalue weighted by Gasteiger charge is 2.34. The van der Waals surface area contributed by atoms with Crippen molar-refractivity contribution in [1.29, 1.82) is 0 Å². The molecule has 350 valence electrons. The van der Waals surface area contributed by atoms with Crippen molar-refractivity contribution < 1.29 is 0 Å². The average molecular weight is 940 g/mol. The lowest BCUT2D eigenvalue weighted by Gasteiger charge is -2.34. The highest BCUT2D eigenvalue weighted by molar-refractivity contribution is 6.11. The third-order valence-electron chi connectivity index (χ3n) is 14.5. The highest BCUT2D eigenvalue weighted by atomic mass is 15.4. The second-order valence-corrected chi connectivity index (χ2v) is 20.0. The van der Waals surface area contributed by atoms with E-state index in [1.807, 2.05) is 12.3 Å². The van der Waals surface area contributed by atoms with Gasteiger partial charge in [0.1, 0.15) is 12.5 Å². The Bertz CT molecular complexity index is 3930. The van der Waals surface area contributed by atoms with Crippen LogP contribution in [0.2, 0.25) is 0 Å². The number of aromatic nitrogens is 2. The van der Waals surface area contributed by atoms with Crippen molar-refractivity contribution in [2.75, 3.05) is 21.4 Å². The summed E-state index contributed by atoms with van der Waals surface area (Å²) in [5, 5.41) is 4.79. The van der Waals surface area contributed by atoms with Gasteiger partial charge in [0.25, 0.3) is 0 Å². The largest absolute Gasteiger partial charge is 0.321 e. The van der Waals surface area contributed by atoms with Gasteiger partial charge in [-0.3, -0.25) is 4.57 Å². The molecule has 0 amide bonds. The highest BCUT2D eigenvalue weighted by Crippen LogP contribution is 2.54. The second kappa shape index (κ2) is 17.9. The van der Waals surface area contributed by atoms with Crippen molar-refractivity contribution in [2.24, 2.45) is 0 Å². The molecule has 5 nitrogen and oxygen atoms in total. The minimum Gasteiger partial charge on any atom is -0.321 e. The molecule has 0 radical (unpaired) electrons. The molecular formula is C68H53N5. The molecule has 0 aliphatic carbocycles. The molecule has 1 aliphatic rings. The normalized spacial score (nSPS) is 12.5. The lowest BCUT2D eigenvalue weighted by molar-refractivity contribution is 0.591. The minimum absolute atomic E-state index is 0.207. The van der Waals surface area contributed by atoms with E-state index in [2.05, 4.69) is 283 Å². The number of pyridine rings is 1. The lowest BCUT2D eigenvalue weighted by atomic mass is 9.82. The molecule has 0 spiro atoms.